The van der Waals surface area contributed by atoms with E-state index in [4.69, 9.17) is 0 Å². The summed E-state index contributed by atoms with van der Waals surface area (Å²) in [6.45, 7) is 0.708. The molecule has 0 bridgehead atoms. The highest BCUT2D eigenvalue weighted by Gasteiger charge is 2.32. The highest BCUT2D eigenvalue weighted by atomic mass is 32.1. The number of hydrogen-bond donors (Lipinski definition) is 1. The second kappa shape index (κ2) is 5.37. The summed E-state index contributed by atoms with van der Waals surface area (Å²) in [6.07, 6.45) is 5.61. The predicted molar refractivity (Wildman–Crippen MR) is 76.4 cm³/mol. The predicted octanol–water partition coefficient (Wildman–Crippen LogP) is 2.05. The molecule has 108 valence electrons. The highest BCUT2D eigenvalue weighted by Crippen LogP contribution is 2.34. The first-order valence-corrected chi connectivity index (χ1v) is 7.57. The Morgan fingerprint density at radius 3 is 3.10 bits per heavy atom. The van der Waals surface area contributed by atoms with Crippen molar-refractivity contribution < 1.29 is 10.0 Å². The molecule has 0 saturated carbocycles. The third-order valence-corrected chi connectivity index (χ3v) is 4.51. The standard InChI is InChI=1S/C12H16N4O3S/c17-8-9-4-2-1-3-5-14(9)10-11(16(18)19)15-6-7-20-12(15)13-10/h6-7,9,17H,1-5,8H2. The Labute approximate surface area is 119 Å². The fourth-order valence-electron chi connectivity index (χ4n) is 2.77. The topological polar surface area (TPSA) is 83.9 Å². The molecule has 0 amide bonds. The van der Waals surface area contributed by atoms with Crippen molar-refractivity contribution in [3.63, 3.8) is 0 Å². The van der Waals surface area contributed by atoms with Gasteiger partial charge in [0.05, 0.1) is 12.6 Å². The normalized spacial score (nSPS) is 20.2. The molecule has 0 aromatic carbocycles. The average Bonchev–Trinajstić information content (AvgIpc) is 2.91. The molecular formula is C12H16N4O3S. The molecule has 8 heteroatoms. The molecule has 1 unspecified atom stereocenters. The van der Waals surface area contributed by atoms with Crippen LogP contribution in [0.15, 0.2) is 11.6 Å². The van der Waals surface area contributed by atoms with Crippen LogP contribution in [0.25, 0.3) is 4.96 Å². The van der Waals surface area contributed by atoms with Crippen LogP contribution >= 0.6 is 11.3 Å². The van der Waals surface area contributed by atoms with Gasteiger partial charge in [-0.2, -0.15) is 9.38 Å². The van der Waals surface area contributed by atoms with Gasteiger partial charge >= 0.3 is 5.82 Å². The number of anilines is 1. The molecule has 0 aliphatic carbocycles. The Kier molecular flexibility index (Phi) is 3.58. The Morgan fingerprint density at radius 1 is 1.50 bits per heavy atom. The quantitative estimate of drug-likeness (QED) is 0.692. The van der Waals surface area contributed by atoms with Crippen molar-refractivity contribution in [1.82, 2.24) is 9.38 Å². The zero-order chi connectivity index (χ0) is 14.1. The fourth-order valence-corrected chi connectivity index (χ4v) is 3.48. The van der Waals surface area contributed by atoms with Crippen molar-refractivity contribution in [3.8, 4) is 0 Å². The summed E-state index contributed by atoms with van der Waals surface area (Å²) in [5.41, 5.74) is 0. The molecule has 20 heavy (non-hydrogen) atoms. The van der Waals surface area contributed by atoms with Crippen LogP contribution in [-0.4, -0.2) is 38.6 Å². The van der Waals surface area contributed by atoms with E-state index < -0.39 is 0 Å². The Bertz CT molecular complexity index is 623. The van der Waals surface area contributed by atoms with Gasteiger partial charge in [-0.3, -0.25) is 0 Å². The van der Waals surface area contributed by atoms with Crippen LogP contribution in [0.1, 0.15) is 25.7 Å². The lowest BCUT2D eigenvalue weighted by atomic mass is 10.1. The van der Waals surface area contributed by atoms with Crippen LogP contribution in [0.4, 0.5) is 11.6 Å². The maximum absolute atomic E-state index is 11.4. The van der Waals surface area contributed by atoms with E-state index in [0.29, 0.717) is 17.3 Å². The number of hydrogen-bond acceptors (Lipinski definition) is 6. The number of aliphatic hydroxyl groups excluding tert-OH is 1. The molecule has 1 saturated heterocycles. The second-order valence-corrected chi connectivity index (χ2v) is 5.82. The van der Waals surface area contributed by atoms with E-state index in [0.717, 1.165) is 25.7 Å². The van der Waals surface area contributed by atoms with Crippen LogP contribution in [-0.2, 0) is 0 Å². The average molecular weight is 296 g/mol. The van der Waals surface area contributed by atoms with Gasteiger partial charge in [-0.15, -0.1) is 0 Å². The van der Waals surface area contributed by atoms with Crippen molar-refractivity contribution in [3.05, 3.63) is 21.7 Å². The van der Waals surface area contributed by atoms with Crippen molar-refractivity contribution in [1.29, 1.82) is 0 Å². The Hall–Kier alpha value is -1.67. The van der Waals surface area contributed by atoms with Gasteiger partial charge < -0.3 is 20.1 Å². The summed E-state index contributed by atoms with van der Waals surface area (Å²) in [7, 11) is 0. The first-order chi connectivity index (χ1) is 9.72. The summed E-state index contributed by atoms with van der Waals surface area (Å²) in [4.78, 5) is 17.9. The Balaban J connectivity index is 2.09. The van der Waals surface area contributed by atoms with Crippen molar-refractivity contribution in [2.75, 3.05) is 18.1 Å². The van der Waals surface area contributed by atoms with E-state index in [-0.39, 0.29) is 23.4 Å². The first kappa shape index (κ1) is 13.3. The third-order valence-electron chi connectivity index (χ3n) is 3.75. The lowest BCUT2D eigenvalue weighted by Gasteiger charge is -2.27. The van der Waals surface area contributed by atoms with E-state index in [9.17, 15) is 15.2 Å². The number of rotatable bonds is 3. The van der Waals surface area contributed by atoms with Gasteiger partial charge in [0.1, 0.15) is 6.20 Å². The molecule has 3 heterocycles. The van der Waals surface area contributed by atoms with E-state index in [1.807, 2.05) is 4.90 Å². The van der Waals surface area contributed by atoms with E-state index in [1.165, 1.54) is 15.7 Å². The van der Waals surface area contributed by atoms with Crippen molar-refractivity contribution in [2.45, 2.75) is 31.7 Å². The number of nitrogens with zero attached hydrogens (tertiary/aromatic N) is 4. The molecule has 0 radical (unpaired) electrons. The van der Waals surface area contributed by atoms with Crippen LogP contribution < -0.4 is 4.90 Å². The minimum absolute atomic E-state index is 0.00148. The van der Waals surface area contributed by atoms with Gasteiger partial charge in [0.25, 0.3) is 4.96 Å². The maximum atomic E-state index is 11.4. The maximum Gasteiger partial charge on any atom is 0.373 e. The smallest absolute Gasteiger partial charge is 0.373 e. The lowest BCUT2D eigenvalue weighted by molar-refractivity contribution is -0.389. The summed E-state index contributed by atoms with van der Waals surface area (Å²) in [5.74, 6) is 0.393. The van der Waals surface area contributed by atoms with E-state index >= 15 is 0 Å². The van der Waals surface area contributed by atoms with Gasteiger partial charge in [0.15, 0.2) is 0 Å². The monoisotopic (exact) mass is 296 g/mol. The summed E-state index contributed by atoms with van der Waals surface area (Å²) in [5, 5.41) is 22.7. The molecule has 1 aliphatic heterocycles. The molecule has 2 aromatic heterocycles. The van der Waals surface area contributed by atoms with Crippen molar-refractivity contribution in [2.24, 2.45) is 0 Å². The lowest BCUT2D eigenvalue weighted by Crippen LogP contribution is -2.38. The largest absolute Gasteiger partial charge is 0.394 e. The van der Waals surface area contributed by atoms with Gasteiger partial charge in [0.2, 0.25) is 5.82 Å². The zero-order valence-corrected chi connectivity index (χ0v) is 11.8. The molecular weight excluding hydrogens is 280 g/mol. The number of fused-ring (bicyclic) bond motifs is 1. The fraction of sp³-hybridized carbons (Fsp3) is 0.583. The number of imidazole rings is 1. The summed E-state index contributed by atoms with van der Waals surface area (Å²) >= 11 is 1.38. The zero-order valence-electron chi connectivity index (χ0n) is 10.9. The van der Waals surface area contributed by atoms with E-state index in [1.54, 1.807) is 11.6 Å². The molecule has 1 aliphatic rings. The Morgan fingerprint density at radius 2 is 2.35 bits per heavy atom. The number of thiazole rings is 1. The number of nitro groups is 1. The highest BCUT2D eigenvalue weighted by molar-refractivity contribution is 7.15. The van der Waals surface area contributed by atoms with Gasteiger partial charge in [0, 0.05) is 11.9 Å². The molecule has 3 rings (SSSR count). The SMILES string of the molecule is O=[N+]([O-])c1c(N2CCCCCC2CO)nc2sccn12. The summed E-state index contributed by atoms with van der Waals surface area (Å²) in [6, 6.07) is -0.0826. The molecule has 1 fully saturated rings. The number of aromatic nitrogens is 2. The number of aliphatic hydroxyl groups is 1. The second-order valence-electron chi connectivity index (χ2n) is 4.95. The molecule has 7 nitrogen and oxygen atoms in total. The molecule has 1 N–H and O–H groups in total. The van der Waals surface area contributed by atoms with E-state index in [2.05, 4.69) is 4.98 Å². The third kappa shape index (κ3) is 2.14. The van der Waals surface area contributed by atoms with Crippen molar-refractivity contribution >= 4 is 27.9 Å². The van der Waals surface area contributed by atoms with Crippen LogP contribution in [0.3, 0.4) is 0 Å². The molecule has 1 atom stereocenters. The minimum Gasteiger partial charge on any atom is -0.394 e. The minimum atomic E-state index is -0.388. The summed E-state index contributed by atoms with van der Waals surface area (Å²) < 4.78 is 1.51. The van der Waals surface area contributed by atoms with Gasteiger partial charge in [-0.25, -0.2) is 0 Å². The molecule has 2 aromatic rings. The van der Waals surface area contributed by atoms with Crippen LogP contribution in [0, 0.1) is 10.1 Å². The van der Waals surface area contributed by atoms with Gasteiger partial charge in [-0.1, -0.05) is 24.2 Å². The van der Waals surface area contributed by atoms with Crippen LogP contribution in [0.5, 0.6) is 0 Å². The first-order valence-electron chi connectivity index (χ1n) is 6.70. The van der Waals surface area contributed by atoms with Gasteiger partial charge in [-0.05, 0) is 17.8 Å². The molecule has 0 spiro atoms. The van der Waals surface area contributed by atoms with Crippen LogP contribution in [0.2, 0.25) is 0 Å².